The number of anilines is 2. The molecule has 0 bridgehead atoms. The van der Waals surface area contributed by atoms with Gasteiger partial charge in [0.2, 0.25) is 0 Å². The molecule has 0 radical (unpaired) electrons. The topological polar surface area (TPSA) is 78.3 Å². The first-order valence-corrected chi connectivity index (χ1v) is 9.46. The Balaban J connectivity index is 1.97. The van der Waals surface area contributed by atoms with Crippen LogP contribution in [0.2, 0.25) is 0 Å². The predicted octanol–water partition coefficient (Wildman–Crippen LogP) is 5.32. The van der Waals surface area contributed by atoms with Crippen molar-refractivity contribution in [2.24, 2.45) is 0 Å². The quantitative estimate of drug-likeness (QED) is 0.291. The van der Waals surface area contributed by atoms with Gasteiger partial charge in [0.15, 0.2) is 0 Å². The lowest BCUT2D eigenvalue weighted by Crippen LogP contribution is -2.07. The van der Waals surface area contributed by atoms with E-state index in [2.05, 4.69) is 6.92 Å². The van der Waals surface area contributed by atoms with Crippen molar-refractivity contribution in [3.8, 4) is 0 Å². The van der Waals surface area contributed by atoms with Crippen molar-refractivity contribution in [3.63, 3.8) is 0 Å². The SMILES string of the molecule is CCCCCCCCCCCCCOC(=O)c1cc(N)cc(N)c1. The summed E-state index contributed by atoms with van der Waals surface area (Å²) in [4.78, 5) is 11.9. The fraction of sp³-hybridized carbons (Fsp3) is 0.650. The molecule has 0 saturated carbocycles. The van der Waals surface area contributed by atoms with E-state index in [9.17, 15) is 4.79 Å². The van der Waals surface area contributed by atoms with Crippen molar-refractivity contribution in [1.29, 1.82) is 0 Å². The average molecular weight is 335 g/mol. The molecule has 1 aromatic carbocycles. The lowest BCUT2D eigenvalue weighted by molar-refractivity contribution is 0.0498. The van der Waals surface area contributed by atoms with Crippen LogP contribution < -0.4 is 11.5 Å². The largest absolute Gasteiger partial charge is 0.462 e. The first-order valence-electron chi connectivity index (χ1n) is 9.46. The molecule has 4 N–H and O–H groups in total. The fourth-order valence-corrected chi connectivity index (χ4v) is 2.81. The van der Waals surface area contributed by atoms with E-state index >= 15 is 0 Å². The van der Waals surface area contributed by atoms with Gasteiger partial charge >= 0.3 is 5.97 Å². The van der Waals surface area contributed by atoms with Crippen molar-refractivity contribution in [1.82, 2.24) is 0 Å². The Morgan fingerprint density at radius 3 is 1.75 bits per heavy atom. The van der Waals surface area contributed by atoms with E-state index in [1.54, 1.807) is 18.2 Å². The van der Waals surface area contributed by atoms with Crippen molar-refractivity contribution < 1.29 is 9.53 Å². The fourth-order valence-electron chi connectivity index (χ4n) is 2.81. The number of hydrogen-bond acceptors (Lipinski definition) is 4. The van der Waals surface area contributed by atoms with E-state index in [4.69, 9.17) is 16.2 Å². The minimum Gasteiger partial charge on any atom is -0.462 e. The summed E-state index contributed by atoms with van der Waals surface area (Å²) in [7, 11) is 0. The van der Waals surface area contributed by atoms with Crippen LogP contribution in [0, 0.1) is 0 Å². The van der Waals surface area contributed by atoms with Crippen molar-refractivity contribution in [3.05, 3.63) is 23.8 Å². The first kappa shape index (κ1) is 20.3. The van der Waals surface area contributed by atoms with E-state index < -0.39 is 0 Å². The Morgan fingerprint density at radius 1 is 0.792 bits per heavy atom. The number of carbonyl (C=O) groups excluding carboxylic acids is 1. The molecule has 0 aromatic heterocycles. The summed E-state index contributed by atoms with van der Waals surface area (Å²) < 4.78 is 5.27. The number of nitrogens with two attached hydrogens (primary N) is 2. The van der Waals surface area contributed by atoms with Crippen LogP contribution in [0.5, 0.6) is 0 Å². The van der Waals surface area contributed by atoms with E-state index in [1.165, 1.54) is 57.8 Å². The number of rotatable bonds is 13. The highest BCUT2D eigenvalue weighted by Gasteiger charge is 2.08. The lowest BCUT2D eigenvalue weighted by Gasteiger charge is -2.06. The molecule has 0 aliphatic rings. The maximum Gasteiger partial charge on any atom is 0.338 e. The highest BCUT2D eigenvalue weighted by Crippen LogP contribution is 2.15. The van der Waals surface area contributed by atoms with Gasteiger partial charge in [-0.3, -0.25) is 0 Å². The van der Waals surface area contributed by atoms with Gasteiger partial charge in [0, 0.05) is 11.4 Å². The van der Waals surface area contributed by atoms with Crippen LogP contribution in [-0.2, 0) is 4.74 Å². The summed E-state index contributed by atoms with van der Waals surface area (Å²) in [5.74, 6) is -0.346. The third-order valence-corrected chi connectivity index (χ3v) is 4.19. The second-order valence-corrected chi connectivity index (χ2v) is 6.56. The third kappa shape index (κ3) is 9.43. The molecular formula is C20H34N2O2. The second-order valence-electron chi connectivity index (χ2n) is 6.56. The molecule has 0 spiro atoms. The molecule has 4 nitrogen and oxygen atoms in total. The smallest absolute Gasteiger partial charge is 0.338 e. The standard InChI is InChI=1S/C20H34N2O2/c1-2-3-4-5-6-7-8-9-10-11-12-13-24-20(23)17-14-18(21)16-19(22)15-17/h14-16H,2-13,21-22H2,1H3. The monoisotopic (exact) mass is 334 g/mol. The molecule has 0 saturated heterocycles. The highest BCUT2D eigenvalue weighted by atomic mass is 16.5. The zero-order valence-electron chi connectivity index (χ0n) is 15.2. The summed E-state index contributed by atoms with van der Waals surface area (Å²) in [5.41, 5.74) is 12.7. The third-order valence-electron chi connectivity index (χ3n) is 4.19. The Morgan fingerprint density at radius 2 is 1.25 bits per heavy atom. The van der Waals surface area contributed by atoms with Gasteiger partial charge in [0.05, 0.1) is 12.2 Å². The molecule has 0 amide bonds. The number of ether oxygens (including phenoxy) is 1. The minimum atomic E-state index is -0.346. The molecule has 0 aliphatic carbocycles. The average Bonchev–Trinajstić information content (AvgIpc) is 2.54. The van der Waals surface area contributed by atoms with Gasteiger partial charge in [-0.2, -0.15) is 0 Å². The number of esters is 1. The Kier molecular flexibility index (Phi) is 10.7. The first-order chi connectivity index (χ1) is 11.6. The summed E-state index contributed by atoms with van der Waals surface area (Å²) >= 11 is 0. The van der Waals surface area contributed by atoms with Crippen LogP contribution in [0.1, 0.15) is 87.9 Å². The summed E-state index contributed by atoms with van der Waals surface area (Å²) in [6.45, 7) is 2.71. The molecule has 0 heterocycles. The molecule has 136 valence electrons. The van der Waals surface area contributed by atoms with Gasteiger partial charge in [-0.15, -0.1) is 0 Å². The zero-order valence-corrected chi connectivity index (χ0v) is 15.2. The van der Waals surface area contributed by atoms with E-state index in [0.717, 1.165) is 12.8 Å². The van der Waals surface area contributed by atoms with Gasteiger partial charge in [-0.25, -0.2) is 4.79 Å². The normalized spacial score (nSPS) is 10.7. The van der Waals surface area contributed by atoms with Gasteiger partial charge in [0.1, 0.15) is 0 Å². The van der Waals surface area contributed by atoms with E-state index in [-0.39, 0.29) is 5.97 Å². The van der Waals surface area contributed by atoms with Crippen molar-refractivity contribution >= 4 is 17.3 Å². The zero-order chi connectivity index (χ0) is 17.6. The molecule has 24 heavy (non-hydrogen) atoms. The lowest BCUT2D eigenvalue weighted by atomic mass is 10.1. The van der Waals surface area contributed by atoms with Crippen LogP contribution in [0.15, 0.2) is 18.2 Å². The summed E-state index contributed by atoms with van der Waals surface area (Å²) in [6.07, 6.45) is 14.1. The number of benzene rings is 1. The number of nitrogen functional groups attached to an aromatic ring is 2. The van der Waals surface area contributed by atoms with Gasteiger partial charge < -0.3 is 16.2 Å². The van der Waals surface area contributed by atoms with E-state index in [0.29, 0.717) is 23.5 Å². The minimum absolute atomic E-state index is 0.346. The van der Waals surface area contributed by atoms with Crippen molar-refractivity contribution in [2.45, 2.75) is 77.6 Å². The van der Waals surface area contributed by atoms with Gasteiger partial charge in [-0.05, 0) is 24.6 Å². The summed E-state index contributed by atoms with van der Waals surface area (Å²) in [5, 5.41) is 0. The van der Waals surface area contributed by atoms with Crippen LogP contribution in [0.3, 0.4) is 0 Å². The molecule has 0 fully saturated rings. The number of hydrogen-bond donors (Lipinski definition) is 2. The Bertz CT molecular complexity index is 454. The molecule has 0 unspecified atom stereocenters. The molecule has 0 atom stereocenters. The summed E-state index contributed by atoms with van der Waals surface area (Å²) in [6, 6.07) is 4.82. The van der Waals surface area contributed by atoms with Crippen LogP contribution in [0.4, 0.5) is 11.4 Å². The van der Waals surface area contributed by atoms with Crippen LogP contribution >= 0.6 is 0 Å². The second kappa shape index (κ2) is 12.7. The van der Waals surface area contributed by atoms with Gasteiger partial charge in [-0.1, -0.05) is 71.1 Å². The van der Waals surface area contributed by atoms with Crippen molar-refractivity contribution in [2.75, 3.05) is 18.1 Å². The molecule has 0 aliphatic heterocycles. The maximum absolute atomic E-state index is 11.9. The van der Waals surface area contributed by atoms with E-state index in [1.807, 2.05) is 0 Å². The molecular weight excluding hydrogens is 300 g/mol. The van der Waals surface area contributed by atoms with Crippen LogP contribution in [-0.4, -0.2) is 12.6 Å². The predicted molar refractivity (Wildman–Crippen MR) is 102 cm³/mol. The Labute approximate surface area is 146 Å². The molecule has 4 heteroatoms. The molecule has 1 aromatic rings. The number of unbranched alkanes of at least 4 members (excludes halogenated alkanes) is 10. The Hall–Kier alpha value is -1.71. The highest BCUT2D eigenvalue weighted by molar-refractivity contribution is 5.91. The number of carbonyl (C=O) groups is 1. The molecule has 1 rings (SSSR count). The maximum atomic E-state index is 11.9. The van der Waals surface area contributed by atoms with Crippen LogP contribution in [0.25, 0.3) is 0 Å². The van der Waals surface area contributed by atoms with Gasteiger partial charge in [0.25, 0.3) is 0 Å².